The van der Waals surface area contributed by atoms with Crippen molar-refractivity contribution in [2.75, 3.05) is 26.2 Å². The van der Waals surface area contributed by atoms with Crippen LogP contribution >= 0.6 is 0 Å². The van der Waals surface area contributed by atoms with E-state index in [1.54, 1.807) is 4.31 Å². The monoisotopic (exact) mass is 276 g/mol. The van der Waals surface area contributed by atoms with Crippen LogP contribution in [0.1, 0.15) is 38.5 Å². The first-order chi connectivity index (χ1) is 8.66. The van der Waals surface area contributed by atoms with Crippen molar-refractivity contribution >= 4 is 10.0 Å². The van der Waals surface area contributed by atoms with Gasteiger partial charge in [0.2, 0.25) is 10.0 Å². The molecule has 0 radical (unpaired) electrons. The first-order valence-corrected chi connectivity index (χ1v) is 8.49. The molecule has 2 fully saturated rings. The summed E-state index contributed by atoms with van der Waals surface area (Å²) in [5.41, 5.74) is 0. The van der Waals surface area contributed by atoms with E-state index < -0.39 is 10.0 Å². The van der Waals surface area contributed by atoms with Gasteiger partial charge in [0.1, 0.15) is 0 Å². The van der Waals surface area contributed by atoms with Crippen LogP contribution < -0.4 is 5.32 Å². The number of rotatable bonds is 4. The standard InChI is InChI=1S/C12H24N2O3S/c15-10-6-11-3-1-2-9-14(11)18(16,17)12-4-7-13-8-5-12/h11-13,15H,1-10H2. The lowest BCUT2D eigenvalue weighted by atomic mass is 10.0. The van der Waals surface area contributed by atoms with Crippen LogP contribution in [0.4, 0.5) is 0 Å². The minimum atomic E-state index is -3.17. The normalized spacial score (nSPS) is 28.4. The maximum Gasteiger partial charge on any atom is 0.217 e. The lowest BCUT2D eigenvalue weighted by molar-refractivity contribution is 0.190. The third-order valence-electron chi connectivity index (χ3n) is 4.07. The van der Waals surface area contributed by atoms with E-state index in [9.17, 15) is 8.42 Å². The van der Waals surface area contributed by atoms with Crippen LogP contribution in [-0.4, -0.2) is 55.4 Å². The van der Waals surface area contributed by atoms with Crippen molar-refractivity contribution < 1.29 is 13.5 Å². The first kappa shape index (κ1) is 14.2. The van der Waals surface area contributed by atoms with Gasteiger partial charge >= 0.3 is 0 Å². The number of aliphatic hydroxyl groups excluding tert-OH is 1. The third kappa shape index (κ3) is 3.04. The van der Waals surface area contributed by atoms with Gasteiger partial charge in [-0.15, -0.1) is 0 Å². The van der Waals surface area contributed by atoms with E-state index in [1.807, 2.05) is 0 Å². The molecule has 2 rings (SSSR count). The Hall–Kier alpha value is -0.170. The number of hydrogen-bond acceptors (Lipinski definition) is 4. The molecule has 2 N–H and O–H groups in total. The van der Waals surface area contributed by atoms with Gasteiger partial charge in [0.05, 0.1) is 5.25 Å². The maximum absolute atomic E-state index is 12.6. The zero-order valence-electron chi connectivity index (χ0n) is 10.8. The first-order valence-electron chi connectivity index (χ1n) is 6.98. The molecule has 0 bridgehead atoms. The fraction of sp³-hybridized carbons (Fsp3) is 1.00. The summed E-state index contributed by atoms with van der Waals surface area (Å²) in [6.07, 6.45) is 4.92. The van der Waals surface area contributed by atoms with E-state index in [4.69, 9.17) is 5.11 Å². The lowest BCUT2D eigenvalue weighted by Gasteiger charge is -2.37. The molecule has 1 unspecified atom stereocenters. The van der Waals surface area contributed by atoms with Crippen LogP contribution in [0.3, 0.4) is 0 Å². The molecule has 1 atom stereocenters. The molecule has 2 aliphatic rings. The lowest BCUT2D eigenvalue weighted by Crippen LogP contribution is -2.50. The Labute approximate surface area is 110 Å². The van der Waals surface area contributed by atoms with Gasteiger partial charge in [-0.3, -0.25) is 0 Å². The molecule has 106 valence electrons. The van der Waals surface area contributed by atoms with Crippen molar-refractivity contribution in [1.82, 2.24) is 9.62 Å². The Balaban J connectivity index is 2.10. The molecule has 0 aliphatic carbocycles. The van der Waals surface area contributed by atoms with Gasteiger partial charge in [0.25, 0.3) is 0 Å². The summed E-state index contributed by atoms with van der Waals surface area (Å²) < 4.78 is 27.0. The summed E-state index contributed by atoms with van der Waals surface area (Å²) in [4.78, 5) is 0. The molecule has 2 heterocycles. The van der Waals surface area contributed by atoms with Crippen LogP contribution in [0.25, 0.3) is 0 Å². The summed E-state index contributed by atoms with van der Waals surface area (Å²) in [6, 6.07) is 0.0173. The smallest absolute Gasteiger partial charge is 0.217 e. The Morgan fingerprint density at radius 1 is 1.17 bits per heavy atom. The van der Waals surface area contributed by atoms with Crippen LogP contribution in [0, 0.1) is 0 Å². The molecule has 0 amide bonds. The van der Waals surface area contributed by atoms with Crippen molar-refractivity contribution in [1.29, 1.82) is 0 Å². The summed E-state index contributed by atoms with van der Waals surface area (Å²) in [5, 5.41) is 12.1. The summed E-state index contributed by atoms with van der Waals surface area (Å²) in [7, 11) is -3.17. The highest BCUT2D eigenvalue weighted by Crippen LogP contribution is 2.27. The van der Waals surface area contributed by atoms with Gasteiger partial charge < -0.3 is 10.4 Å². The topological polar surface area (TPSA) is 69.6 Å². The molecule has 2 aliphatic heterocycles. The highest BCUT2D eigenvalue weighted by molar-refractivity contribution is 7.89. The molecule has 0 aromatic carbocycles. The molecule has 5 nitrogen and oxygen atoms in total. The minimum Gasteiger partial charge on any atom is -0.396 e. The van der Waals surface area contributed by atoms with Crippen LogP contribution in [-0.2, 0) is 10.0 Å². The van der Waals surface area contributed by atoms with Crippen LogP contribution in [0.15, 0.2) is 0 Å². The highest BCUT2D eigenvalue weighted by Gasteiger charge is 2.37. The Morgan fingerprint density at radius 2 is 1.89 bits per heavy atom. The Morgan fingerprint density at radius 3 is 2.56 bits per heavy atom. The second kappa shape index (κ2) is 6.32. The Kier molecular flexibility index (Phi) is 5.00. The number of aliphatic hydroxyl groups is 1. The number of piperidine rings is 2. The van der Waals surface area contributed by atoms with Crippen LogP contribution in [0.2, 0.25) is 0 Å². The van der Waals surface area contributed by atoms with Gasteiger partial charge in [-0.25, -0.2) is 8.42 Å². The molecule has 18 heavy (non-hydrogen) atoms. The van der Waals surface area contributed by atoms with Crippen molar-refractivity contribution in [3.8, 4) is 0 Å². The average molecular weight is 276 g/mol. The zero-order chi connectivity index (χ0) is 13.0. The van der Waals surface area contributed by atoms with E-state index in [2.05, 4.69) is 5.32 Å². The second-order valence-electron chi connectivity index (χ2n) is 5.27. The Bertz CT molecular complexity index is 350. The molecule has 0 saturated carbocycles. The average Bonchev–Trinajstić information content (AvgIpc) is 2.41. The van der Waals surface area contributed by atoms with E-state index in [1.165, 1.54) is 0 Å². The summed E-state index contributed by atoms with van der Waals surface area (Å²) in [6.45, 7) is 2.30. The quantitative estimate of drug-likeness (QED) is 0.775. The number of hydrogen-bond donors (Lipinski definition) is 2. The van der Waals surface area contributed by atoms with Crippen molar-refractivity contribution in [3.63, 3.8) is 0 Å². The number of nitrogens with zero attached hydrogens (tertiary/aromatic N) is 1. The fourth-order valence-corrected chi connectivity index (χ4v) is 5.26. The van der Waals surface area contributed by atoms with Crippen molar-refractivity contribution in [2.45, 2.75) is 49.8 Å². The van der Waals surface area contributed by atoms with E-state index >= 15 is 0 Å². The SMILES string of the molecule is O=S(=O)(C1CCNCC1)N1CCCCC1CCO. The fourth-order valence-electron chi connectivity index (χ4n) is 3.03. The molecule has 0 aromatic rings. The highest BCUT2D eigenvalue weighted by atomic mass is 32.2. The molecule has 6 heteroatoms. The van der Waals surface area contributed by atoms with Gasteiger partial charge in [0, 0.05) is 19.2 Å². The minimum absolute atomic E-state index is 0.0173. The predicted molar refractivity (Wildman–Crippen MR) is 70.9 cm³/mol. The molecular weight excluding hydrogens is 252 g/mol. The molecular formula is C12H24N2O3S. The van der Waals surface area contributed by atoms with Gasteiger partial charge in [0.15, 0.2) is 0 Å². The van der Waals surface area contributed by atoms with Gasteiger partial charge in [-0.05, 0) is 45.2 Å². The summed E-state index contributed by atoms with van der Waals surface area (Å²) in [5.74, 6) is 0. The molecule has 0 spiro atoms. The van der Waals surface area contributed by atoms with Crippen molar-refractivity contribution in [2.24, 2.45) is 0 Å². The predicted octanol–water partition coefficient (Wildman–Crippen LogP) is 0.305. The molecule has 0 aromatic heterocycles. The number of nitrogens with one attached hydrogen (secondary N) is 1. The van der Waals surface area contributed by atoms with E-state index in [0.29, 0.717) is 25.8 Å². The number of sulfonamides is 1. The van der Waals surface area contributed by atoms with Gasteiger partial charge in [-0.1, -0.05) is 6.42 Å². The summed E-state index contributed by atoms with van der Waals surface area (Å²) >= 11 is 0. The maximum atomic E-state index is 12.6. The van der Waals surface area contributed by atoms with E-state index in [0.717, 1.165) is 32.4 Å². The van der Waals surface area contributed by atoms with Crippen molar-refractivity contribution in [3.05, 3.63) is 0 Å². The second-order valence-corrected chi connectivity index (χ2v) is 7.43. The van der Waals surface area contributed by atoms with E-state index in [-0.39, 0.29) is 17.9 Å². The zero-order valence-corrected chi connectivity index (χ0v) is 11.7. The third-order valence-corrected chi connectivity index (χ3v) is 6.52. The van der Waals surface area contributed by atoms with Crippen LogP contribution in [0.5, 0.6) is 0 Å². The molecule has 2 saturated heterocycles. The van der Waals surface area contributed by atoms with Gasteiger partial charge in [-0.2, -0.15) is 4.31 Å². The largest absolute Gasteiger partial charge is 0.396 e.